The highest BCUT2D eigenvalue weighted by molar-refractivity contribution is 7.43. The van der Waals surface area contributed by atoms with Crippen molar-refractivity contribution in [3.63, 3.8) is 0 Å². The Morgan fingerprint density at radius 3 is 2.67 bits per heavy atom. The maximum atomic E-state index is 12.0. The number of phosphoric ester groups is 1. The fourth-order valence-electron chi connectivity index (χ4n) is 7.53. The first-order chi connectivity index (χ1) is 14.0. The first kappa shape index (κ1) is 22.2. The van der Waals surface area contributed by atoms with Crippen molar-refractivity contribution < 1.29 is 28.5 Å². The fourth-order valence-corrected chi connectivity index (χ4v) is 7.70. The topological polar surface area (TPSA) is 111 Å². The van der Waals surface area contributed by atoms with Crippen LogP contribution in [0.2, 0.25) is 0 Å². The van der Waals surface area contributed by atoms with Crippen molar-refractivity contribution in [1.82, 2.24) is 0 Å². The average molecular weight is 437 g/mol. The van der Waals surface area contributed by atoms with Gasteiger partial charge in [-0.2, -0.15) is 0 Å². The van der Waals surface area contributed by atoms with Gasteiger partial charge in [0.05, 0.1) is 13.5 Å². The molecule has 168 valence electrons. The normalized spacial score (nSPS) is 41.6. The van der Waals surface area contributed by atoms with Crippen molar-refractivity contribution in [2.45, 2.75) is 72.1 Å². The molecule has 3 fully saturated rings. The fraction of sp³-hybridized carbons (Fsp3) is 0.818. The quantitative estimate of drug-likeness (QED) is 0.214. The van der Waals surface area contributed by atoms with Crippen molar-refractivity contribution in [3.8, 4) is 0 Å². The number of carbonyl (C=O) groups is 1. The molecule has 4 rings (SSSR count). The molecular formula is C22H32NO6P-2. The summed E-state index contributed by atoms with van der Waals surface area (Å²) in [6.07, 6.45) is 10.3. The second-order valence-electron chi connectivity index (χ2n) is 10.2. The van der Waals surface area contributed by atoms with Crippen molar-refractivity contribution >= 4 is 19.3 Å². The lowest BCUT2D eigenvalue weighted by molar-refractivity contribution is -0.346. The highest BCUT2D eigenvalue weighted by Crippen LogP contribution is 2.66. The molecule has 0 radical (unpaired) electrons. The summed E-state index contributed by atoms with van der Waals surface area (Å²) in [7, 11) is -5.05. The molecule has 0 saturated heterocycles. The molecule has 7 nitrogen and oxygen atoms in total. The third kappa shape index (κ3) is 3.83. The molecular weight excluding hydrogens is 405 g/mol. The van der Waals surface area contributed by atoms with Crippen LogP contribution in [0.1, 0.15) is 72.1 Å². The Kier molecular flexibility index (Phi) is 5.80. The largest absolute Gasteiger partial charge is 0.790 e. The van der Waals surface area contributed by atoms with Gasteiger partial charge in [-0.15, -0.1) is 0 Å². The van der Waals surface area contributed by atoms with Gasteiger partial charge in [-0.3, -0.25) is 4.79 Å². The van der Waals surface area contributed by atoms with E-state index in [-0.39, 0.29) is 16.7 Å². The van der Waals surface area contributed by atoms with E-state index in [4.69, 9.17) is 4.84 Å². The number of hydrogen-bond donors (Lipinski definition) is 0. The van der Waals surface area contributed by atoms with Crippen LogP contribution in [0.4, 0.5) is 0 Å². The van der Waals surface area contributed by atoms with Crippen LogP contribution in [0.15, 0.2) is 16.8 Å². The van der Waals surface area contributed by atoms with Gasteiger partial charge < -0.3 is 23.7 Å². The van der Waals surface area contributed by atoms with E-state index in [1.165, 1.54) is 12.0 Å². The van der Waals surface area contributed by atoms with E-state index in [1.807, 2.05) is 13.0 Å². The number of ketones is 1. The van der Waals surface area contributed by atoms with Crippen LogP contribution in [-0.2, 0) is 18.7 Å². The molecule has 0 amide bonds. The molecule has 0 spiro atoms. The highest BCUT2D eigenvalue weighted by Gasteiger charge is 2.59. The lowest BCUT2D eigenvalue weighted by atomic mass is 9.46. The molecule has 0 aliphatic heterocycles. The van der Waals surface area contributed by atoms with Crippen molar-refractivity contribution in [3.05, 3.63) is 11.6 Å². The molecule has 8 heteroatoms. The molecule has 30 heavy (non-hydrogen) atoms. The summed E-state index contributed by atoms with van der Waals surface area (Å²) in [4.78, 5) is 38.0. The third-order valence-corrected chi connectivity index (χ3v) is 9.36. The molecule has 3 saturated carbocycles. The Hall–Kier alpha value is -1.01. The summed E-state index contributed by atoms with van der Waals surface area (Å²) >= 11 is 0. The maximum Gasteiger partial charge on any atom is 0.220 e. The Morgan fingerprint density at radius 2 is 1.93 bits per heavy atom. The molecule has 0 aromatic carbocycles. The molecule has 4 aliphatic carbocycles. The van der Waals surface area contributed by atoms with Crippen LogP contribution >= 0.6 is 7.82 Å². The van der Waals surface area contributed by atoms with E-state index in [2.05, 4.69) is 23.5 Å². The zero-order chi connectivity index (χ0) is 21.7. The SMILES string of the molecule is C/C(=N\OCOP(=O)([O-])[O-])[C@H]1CC[C@H]2[C@@H]3CCC4=CC(=O)CC[C@]4(C)[C@H]3CC[C@]12C. The Labute approximate surface area is 178 Å². The highest BCUT2D eigenvalue weighted by atomic mass is 31.2. The van der Waals surface area contributed by atoms with E-state index < -0.39 is 14.6 Å². The number of carbonyl (C=O) groups excluding carboxylic acids is 1. The minimum absolute atomic E-state index is 0.146. The van der Waals surface area contributed by atoms with Gasteiger partial charge in [0.25, 0.3) is 0 Å². The monoisotopic (exact) mass is 437 g/mol. The number of phosphoric acid groups is 1. The number of rotatable bonds is 5. The van der Waals surface area contributed by atoms with Crippen LogP contribution in [-0.4, -0.2) is 18.3 Å². The molecule has 0 unspecified atom stereocenters. The van der Waals surface area contributed by atoms with Gasteiger partial charge in [0, 0.05) is 12.3 Å². The van der Waals surface area contributed by atoms with Gasteiger partial charge in [0.15, 0.2) is 5.78 Å². The van der Waals surface area contributed by atoms with Crippen molar-refractivity contribution in [1.29, 1.82) is 0 Å². The van der Waals surface area contributed by atoms with E-state index in [0.29, 0.717) is 30.0 Å². The molecule has 6 atom stereocenters. The van der Waals surface area contributed by atoms with Crippen LogP contribution < -0.4 is 9.79 Å². The van der Waals surface area contributed by atoms with E-state index in [1.54, 1.807) is 0 Å². The predicted molar refractivity (Wildman–Crippen MR) is 108 cm³/mol. The van der Waals surface area contributed by atoms with Crippen molar-refractivity contribution in [2.24, 2.45) is 39.7 Å². The number of oxime groups is 1. The standard InChI is InChI=1S/C22H34NO6P/c1-14(23-28-13-29-30(25,26)27)18-6-7-19-17-5-4-15-12-16(24)8-10-21(15,2)20(17)9-11-22(18,19)3/h12,17-20H,4-11,13H2,1-3H3,(H2,25,26,27)/p-2/b23-14+/t17-,18+,19-,20-,21-,22+/m0/s1. The summed E-state index contributed by atoms with van der Waals surface area (Å²) in [6.45, 7) is 6.02. The lowest BCUT2D eigenvalue weighted by Gasteiger charge is -2.58. The van der Waals surface area contributed by atoms with Crippen LogP contribution in [0, 0.1) is 34.5 Å². The molecule has 0 heterocycles. The van der Waals surface area contributed by atoms with Crippen LogP contribution in [0.5, 0.6) is 0 Å². The molecule has 0 bridgehead atoms. The van der Waals surface area contributed by atoms with Gasteiger partial charge in [0.1, 0.15) is 0 Å². The Morgan fingerprint density at radius 1 is 1.17 bits per heavy atom. The van der Waals surface area contributed by atoms with Gasteiger partial charge in [-0.25, -0.2) is 0 Å². The Bertz CT molecular complexity index is 818. The van der Waals surface area contributed by atoms with Gasteiger partial charge in [0.2, 0.25) is 6.79 Å². The van der Waals surface area contributed by atoms with E-state index in [9.17, 15) is 19.1 Å². The zero-order valence-electron chi connectivity index (χ0n) is 18.1. The van der Waals surface area contributed by atoms with Gasteiger partial charge in [-0.1, -0.05) is 24.6 Å². The first-order valence-electron chi connectivity index (χ1n) is 11.1. The smallest absolute Gasteiger partial charge is 0.220 e. The summed E-state index contributed by atoms with van der Waals surface area (Å²) in [6, 6.07) is 0. The second kappa shape index (κ2) is 7.84. The molecule has 4 aliphatic rings. The number of nitrogens with zero attached hydrogens (tertiary/aromatic N) is 1. The van der Waals surface area contributed by atoms with E-state index >= 15 is 0 Å². The Balaban J connectivity index is 1.48. The van der Waals surface area contributed by atoms with Crippen LogP contribution in [0.3, 0.4) is 0 Å². The number of fused-ring (bicyclic) bond motifs is 5. The molecule has 0 N–H and O–H groups in total. The maximum absolute atomic E-state index is 12.0. The molecule has 0 aromatic rings. The second-order valence-corrected chi connectivity index (χ2v) is 11.4. The third-order valence-electron chi connectivity index (χ3n) is 8.94. The van der Waals surface area contributed by atoms with Crippen LogP contribution in [0.25, 0.3) is 0 Å². The minimum atomic E-state index is -5.05. The molecule has 0 aromatic heterocycles. The lowest BCUT2D eigenvalue weighted by Crippen LogP contribution is -2.51. The van der Waals surface area contributed by atoms with Crippen molar-refractivity contribution in [2.75, 3.05) is 6.79 Å². The average Bonchev–Trinajstić information content (AvgIpc) is 3.02. The minimum Gasteiger partial charge on any atom is -0.790 e. The number of hydrogen-bond acceptors (Lipinski definition) is 7. The first-order valence-corrected chi connectivity index (χ1v) is 12.6. The summed E-state index contributed by atoms with van der Waals surface area (Å²) < 4.78 is 14.6. The zero-order valence-corrected chi connectivity index (χ0v) is 19.0. The van der Waals surface area contributed by atoms with E-state index in [0.717, 1.165) is 44.2 Å². The summed E-state index contributed by atoms with van der Waals surface area (Å²) in [5.74, 6) is 2.53. The number of allylic oxidation sites excluding steroid dienone is 1. The summed E-state index contributed by atoms with van der Waals surface area (Å²) in [5, 5.41) is 4.08. The van der Waals surface area contributed by atoms with Gasteiger partial charge in [-0.05, 0) is 86.5 Å². The van der Waals surface area contributed by atoms with Gasteiger partial charge >= 0.3 is 0 Å². The summed E-state index contributed by atoms with van der Waals surface area (Å²) in [5.41, 5.74) is 2.55. The predicted octanol–water partition coefficient (Wildman–Crippen LogP) is 3.33.